The van der Waals surface area contributed by atoms with Crippen molar-refractivity contribution in [3.05, 3.63) is 47.7 Å². The Labute approximate surface area is 138 Å². The summed E-state index contributed by atoms with van der Waals surface area (Å²) in [5.74, 6) is 1.22. The Morgan fingerprint density at radius 1 is 1.35 bits per heavy atom. The van der Waals surface area contributed by atoms with E-state index in [1.807, 2.05) is 28.3 Å². The molecule has 7 heteroatoms. The van der Waals surface area contributed by atoms with Crippen LogP contribution in [0.3, 0.4) is 0 Å². The SMILES string of the molecule is COc1ccc(-n2ccnc2-c2cnsc2)cc1C(=O)N(C)C. The number of ether oxygens (including phenoxy) is 1. The van der Waals surface area contributed by atoms with Crippen LogP contribution in [-0.4, -0.2) is 45.9 Å². The summed E-state index contributed by atoms with van der Waals surface area (Å²) in [5, 5.41) is 1.94. The van der Waals surface area contributed by atoms with Crippen LogP contribution in [0, 0.1) is 0 Å². The minimum Gasteiger partial charge on any atom is -0.496 e. The molecular formula is C16H16N4O2S. The van der Waals surface area contributed by atoms with Crippen molar-refractivity contribution in [1.82, 2.24) is 18.8 Å². The zero-order valence-corrected chi connectivity index (χ0v) is 13.9. The van der Waals surface area contributed by atoms with Crippen molar-refractivity contribution in [1.29, 1.82) is 0 Å². The molecule has 118 valence electrons. The number of nitrogens with zero attached hydrogens (tertiary/aromatic N) is 4. The number of rotatable bonds is 4. The van der Waals surface area contributed by atoms with Crippen LogP contribution in [0.5, 0.6) is 5.75 Å². The van der Waals surface area contributed by atoms with Crippen molar-refractivity contribution in [3.63, 3.8) is 0 Å². The normalized spacial score (nSPS) is 10.6. The van der Waals surface area contributed by atoms with E-state index in [1.54, 1.807) is 39.7 Å². The second-order valence-electron chi connectivity index (χ2n) is 5.12. The second-order valence-corrected chi connectivity index (χ2v) is 5.78. The minimum absolute atomic E-state index is 0.109. The fourth-order valence-electron chi connectivity index (χ4n) is 2.29. The Hall–Kier alpha value is -2.67. The average Bonchev–Trinajstić information content (AvgIpc) is 3.23. The van der Waals surface area contributed by atoms with Gasteiger partial charge < -0.3 is 9.64 Å². The fraction of sp³-hybridized carbons (Fsp3) is 0.188. The Morgan fingerprint density at radius 3 is 2.83 bits per heavy atom. The molecule has 1 amide bonds. The third-order valence-electron chi connectivity index (χ3n) is 3.43. The van der Waals surface area contributed by atoms with Crippen LogP contribution < -0.4 is 4.74 Å². The number of methoxy groups -OCH3 is 1. The van der Waals surface area contributed by atoms with Crippen LogP contribution in [0.4, 0.5) is 0 Å². The number of benzene rings is 1. The number of carbonyl (C=O) groups is 1. The van der Waals surface area contributed by atoms with Crippen molar-refractivity contribution >= 4 is 17.4 Å². The van der Waals surface area contributed by atoms with Gasteiger partial charge in [0.1, 0.15) is 11.6 Å². The van der Waals surface area contributed by atoms with Gasteiger partial charge in [0, 0.05) is 43.1 Å². The summed E-state index contributed by atoms with van der Waals surface area (Å²) >= 11 is 1.38. The molecule has 23 heavy (non-hydrogen) atoms. The smallest absolute Gasteiger partial charge is 0.257 e. The highest BCUT2D eigenvalue weighted by atomic mass is 32.1. The molecule has 0 saturated carbocycles. The first-order valence-corrected chi connectivity index (χ1v) is 7.78. The summed E-state index contributed by atoms with van der Waals surface area (Å²) in [6.07, 6.45) is 5.36. The Kier molecular flexibility index (Phi) is 4.12. The Morgan fingerprint density at radius 2 is 2.17 bits per heavy atom. The number of carbonyl (C=O) groups excluding carboxylic acids is 1. The van der Waals surface area contributed by atoms with Crippen LogP contribution in [0.1, 0.15) is 10.4 Å². The average molecular weight is 328 g/mol. The number of amides is 1. The molecule has 0 N–H and O–H groups in total. The number of hydrogen-bond donors (Lipinski definition) is 0. The third kappa shape index (κ3) is 2.83. The van der Waals surface area contributed by atoms with Crippen molar-refractivity contribution in [2.75, 3.05) is 21.2 Å². The maximum Gasteiger partial charge on any atom is 0.257 e. The molecule has 1 aromatic carbocycles. The molecule has 0 aliphatic heterocycles. The van der Waals surface area contributed by atoms with E-state index in [9.17, 15) is 4.79 Å². The predicted molar refractivity (Wildman–Crippen MR) is 89.2 cm³/mol. The van der Waals surface area contributed by atoms with Gasteiger partial charge in [0.05, 0.1) is 18.9 Å². The highest BCUT2D eigenvalue weighted by molar-refractivity contribution is 7.03. The molecule has 0 spiro atoms. The summed E-state index contributed by atoms with van der Waals surface area (Å²) in [7, 11) is 4.99. The summed E-state index contributed by atoms with van der Waals surface area (Å²) in [6, 6.07) is 5.50. The molecule has 0 fully saturated rings. The van der Waals surface area contributed by atoms with Crippen LogP contribution in [0.15, 0.2) is 42.2 Å². The summed E-state index contributed by atoms with van der Waals surface area (Å²) in [4.78, 5) is 18.3. The first-order valence-electron chi connectivity index (χ1n) is 6.95. The first kappa shape index (κ1) is 15.2. The van der Waals surface area contributed by atoms with Crippen LogP contribution in [0.2, 0.25) is 0 Å². The molecule has 6 nitrogen and oxygen atoms in total. The topological polar surface area (TPSA) is 60.2 Å². The molecule has 0 radical (unpaired) electrons. The molecule has 0 bridgehead atoms. The number of imidazole rings is 1. The lowest BCUT2D eigenvalue weighted by molar-refractivity contribution is 0.0824. The summed E-state index contributed by atoms with van der Waals surface area (Å²) < 4.78 is 11.4. The van der Waals surface area contributed by atoms with E-state index in [2.05, 4.69) is 9.36 Å². The van der Waals surface area contributed by atoms with E-state index in [0.29, 0.717) is 11.3 Å². The zero-order chi connectivity index (χ0) is 16.4. The van der Waals surface area contributed by atoms with E-state index >= 15 is 0 Å². The van der Waals surface area contributed by atoms with Crippen LogP contribution >= 0.6 is 11.5 Å². The van der Waals surface area contributed by atoms with Crippen molar-refractivity contribution in [3.8, 4) is 22.8 Å². The lowest BCUT2D eigenvalue weighted by Gasteiger charge is -2.15. The minimum atomic E-state index is -0.109. The molecule has 0 aliphatic carbocycles. The Bertz CT molecular complexity index is 824. The molecule has 0 aliphatic rings. The lowest BCUT2D eigenvalue weighted by atomic mass is 10.1. The standard InChI is InChI=1S/C16H16N4O2S/c1-19(2)16(21)13-8-12(4-5-14(13)22-3)20-7-6-17-15(20)11-9-18-23-10-11/h4-10H,1-3H3. The fourth-order valence-corrected chi connectivity index (χ4v) is 2.81. The third-order valence-corrected chi connectivity index (χ3v) is 4.02. The van der Waals surface area contributed by atoms with E-state index in [4.69, 9.17) is 4.74 Å². The molecule has 3 aromatic rings. The van der Waals surface area contributed by atoms with Gasteiger partial charge in [-0.05, 0) is 29.7 Å². The molecule has 0 unspecified atom stereocenters. The van der Waals surface area contributed by atoms with Crippen LogP contribution in [-0.2, 0) is 0 Å². The van der Waals surface area contributed by atoms with E-state index in [0.717, 1.165) is 17.1 Å². The second kappa shape index (κ2) is 6.21. The number of hydrogen-bond acceptors (Lipinski definition) is 5. The van der Waals surface area contributed by atoms with Gasteiger partial charge in [0.25, 0.3) is 5.91 Å². The quantitative estimate of drug-likeness (QED) is 0.739. The molecule has 0 saturated heterocycles. The summed E-state index contributed by atoms with van der Waals surface area (Å²) in [6.45, 7) is 0. The Balaban J connectivity index is 2.10. The lowest BCUT2D eigenvalue weighted by Crippen LogP contribution is -2.22. The predicted octanol–water partition coefficient (Wildman–Crippen LogP) is 2.71. The van der Waals surface area contributed by atoms with Gasteiger partial charge >= 0.3 is 0 Å². The molecule has 3 rings (SSSR count). The van der Waals surface area contributed by atoms with E-state index < -0.39 is 0 Å². The summed E-state index contributed by atoms with van der Waals surface area (Å²) in [5.41, 5.74) is 2.30. The van der Waals surface area contributed by atoms with Gasteiger partial charge in [0.15, 0.2) is 0 Å². The monoisotopic (exact) mass is 328 g/mol. The highest BCUT2D eigenvalue weighted by Gasteiger charge is 2.17. The van der Waals surface area contributed by atoms with Crippen molar-refractivity contribution in [2.45, 2.75) is 0 Å². The molecular weight excluding hydrogens is 312 g/mol. The highest BCUT2D eigenvalue weighted by Crippen LogP contribution is 2.27. The van der Waals surface area contributed by atoms with Crippen molar-refractivity contribution < 1.29 is 9.53 Å². The first-order chi connectivity index (χ1) is 11.1. The zero-order valence-electron chi connectivity index (χ0n) is 13.1. The van der Waals surface area contributed by atoms with Gasteiger partial charge in [-0.15, -0.1) is 0 Å². The molecule has 2 aromatic heterocycles. The van der Waals surface area contributed by atoms with Crippen LogP contribution in [0.25, 0.3) is 17.1 Å². The molecule has 2 heterocycles. The largest absolute Gasteiger partial charge is 0.496 e. The van der Waals surface area contributed by atoms with Gasteiger partial charge in [-0.3, -0.25) is 9.36 Å². The number of aromatic nitrogens is 3. The van der Waals surface area contributed by atoms with Crippen molar-refractivity contribution in [2.24, 2.45) is 0 Å². The maximum atomic E-state index is 12.4. The van der Waals surface area contributed by atoms with Gasteiger partial charge in [-0.2, -0.15) is 0 Å². The van der Waals surface area contributed by atoms with Gasteiger partial charge in [0.2, 0.25) is 0 Å². The van der Waals surface area contributed by atoms with Gasteiger partial charge in [-0.25, -0.2) is 9.36 Å². The van der Waals surface area contributed by atoms with Gasteiger partial charge in [-0.1, -0.05) is 0 Å². The molecule has 0 atom stereocenters. The van der Waals surface area contributed by atoms with E-state index in [-0.39, 0.29) is 5.91 Å². The van der Waals surface area contributed by atoms with E-state index in [1.165, 1.54) is 16.4 Å². The maximum absolute atomic E-state index is 12.4.